The van der Waals surface area contributed by atoms with Gasteiger partial charge in [0.05, 0.1) is 12.8 Å². The van der Waals surface area contributed by atoms with E-state index in [-0.39, 0.29) is 0 Å². The molecule has 0 saturated heterocycles. The van der Waals surface area contributed by atoms with Crippen molar-refractivity contribution >= 4 is 45.0 Å². The highest BCUT2D eigenvalue weighted by molar-refractivity contribution is 6.31. The summed E-state index contributed by atoms with van der Waals surface area (Å²) < 4.78 is 5.59. The highest BCUT2D eigenvalue weighted by atomic mass is 35.5. The molecule has 5 heteroatoms. The van der Waals surface area contributed by atoms with Crippen LogP contribution in [-0.4, -0.2) is 17.1 Å². The van der Waals surface area contributed by atoms with Gasteiger partial charge in [0.1, 0.15) is 5.69 Å². The van der Waals surface area contributed by atoms with Crippen LogP contribution in [0.25, 0.3) is 33.2 Å². The third-order valence-corrected chi connectivity index (χ3v) is 4.24. The number of hydrogen-bond donors (Lipinski definition) is 2. The van der Waals surface area contributed by atoms with Crippen molar-refractivity contribution in [1.82, 2.24) is 9.97 Å². The molecule has 0 amide bonds. The number of fused-ring (bicyclic) bond motifs is 2. The summed E-state index contributed by atoms with van der Waals surface area (Å²) in [5.74, 6) is 0.773. The van der Waals surface area contributed by atoms with Gasteiger partial charge in [0.2, 0.25) is 0 Å². The number of ether oxygens (including phenoxy) is 1. The molecule has 3 nitrogen and oxygen atoms in total. The second-order valence-corrected chi connectivity index (χ2v) is 6.01. The molecule has 0 saturated carbocycles. The first-order chi connectivity index (χ1) is 10.7. The molecule has 0 aliphatic rings. The lowest BCUT2D eigenvalue weighted by atomic mass is 10.2. The number of rotatable bonds is 2. The van der Waals surface area contributed by atoms with Gasteiger partial charge < -0.3 is 14.7 Å². The number of halogens is 2. The fourth-order valence-corrected chi connectivity index (χ4v) is 3.13. The summed E-state index contributed by atoms with van der Waals surface area (Å²) in [6, 6.07) is 13.5. The van der Waals surface area contributed by atoms with Crippen LogP contribution >= 0.6 is 23.2 Å². The van der Waals surface area contributed by atoms with Crippen LogP contribution in [0.15, 0.2) is 42.5 Å². The maximum atomic E-state index is 6.09. The second-order valence-electron chi connectivity index (χ2n) is 5.14. The van der Waals surface area contributed by atoms with Gasteiger partial charge in [-0.15, -0.1) is 0 Å². The Kier molecular flexibility index (Phi) is 3.06. The molecule has 2 aromatic carbocycles. The maximum Gasteiger partial charge on any atom is 0.153 e. The predicted octanol–water partition coefficient (Wildman–Crippen LogP) is 5.63. The summed E-state index contributed by atoms with van der Waals surface area (Å²) >= 11 is 12.1. The summed E-state index contributed by atoms with van der Waals surface area (Å²) in [5, 5.41) is 3.41. The van der Waals surface area contributed by atoms with Crippen LogP contribution in [0.3, 0.4) is 0 Å². The highest BCUT2D eigenvalue weighted by Crippen LogP contribution is 2.38. The Hall–Kier alpha value is -2.10. The van der Waals surface area contributed by atoms with Crippen molar-refractivity contribution in [3.05, 3.63) is 52.5 Å². The first kappa shape index (κ1) is 13.6. The number of H-pyrrole nitrogens is 2. The lowest BCUT2D eigenvalue weighted by Gasteiger charge is -2.01. The van der Waals surface area contributed by atoms with E-state index in [4.69, 9.17) is 27.9 Å². The summed E-state index contributed by atoms with van der Waals surface area (Å²) in [7, 11) is 1.66. The average molecular weight is 331 g/mol. The maximum absolute atomic E-state index is 6.09. The van der Waals surface area contributed by atoms with Crippen LogP contribution < -0.4 is 4.74 Å². The van der Waals surface area contributed by atoms with Crippen molar-refractivity contribution in [3.63, 3.8) is 0 Å². The molecule has 22 heavy (non-hydrogen) atoms. The lowest BCUT2D eigenvalue weighted by Crippen LogP contribution is -1.85. The zero-order valence-corrected chi connectivity index (χ0v) is 13.2. The summed E-state index contributed by atoms with van der Waals surface area (Å²) in [6.07, 6.45) is 0. The molecule has 2 N–H and O–H groups in total. The summed E-state index contributed by atoms with van der Waals surface area (Å²) in [6.45, 7) is 0. The van der Waals surface area contributed by atoms with Crippen molar-refractivity contribution in [3.8, 4) is 17.1 Å². The Bertz CT molecular complexity index is 1000. The molecule has 0 aliphatic heterocycles. The van der Waals surface area contributed by atoms with Gasteiger partial charge in [-0.3, -0.25) is 0 Å². The molecule has 0 radical (unpaired) electrons. The van der Waals surface area contributed by atoms with Crippen LogP contribution in [0.4, 0.5) is 0 Å². The molecule has 0 atom stereocenters. The van der Waals surface area contributed by atoms with Crippen molar-refractivity contribution in [2.75, 3.05) is 7.11 Å². The van der Waals surface area contributed by atoms with Crippen LogP contribution in [0.5, 0.6) is 5.75 Å². The lowest BCUT2D eigenvalue weighted by molar-refractivity contribution is 0.421. The number of methoxy groups -OCH3 is 1. The zero-order chi connectivity index (χ0) is 15.3. The van der Waals surface area contributed by atoms with E-state index >= 15 is 0 Å². The van der Waals surface area contributed by atoms with E-state index in [1.165, 1.54) is 0 Å². The third-order valence-electron chi connectivity index (χ3n) is 3.77. The van der Waals surface area contributed by atoms with Crippen LogP contribution in [0, 0.1) is 0 Å². The molecule has 2 aromatic heterocycles. The van der Waals surface area contributed by atoms with E-state index in [9.17, 15) is 0 Å². The van der Waals surface area contributed by atoms with Gasteiger partial charge in [0.15, 0.2) is 5.75 Å². The van der Waals surface area contributed by atoms with E-state index in [0.29, 0.717) is 10.0 Å². The average Bonchev–Trinajstić information content (AvgIpc) is 3.06. The molecule has 0 bridgehead atoms. The molecular weight excluding hydrogens is 319 g/mol. The molecular formula is C17H12Cl2N2O. The first-order valence-electron chi connectivity index (χ1n) is 6.79. The van der Waals surface area contributed by atoms with Crippen LogP contribution in [0.2, 0.25) is 10.0 Å². The van der Waals surface area contributed by atoms with Gasteiger partial charge in [0, 0.05) is 31.9 Å². The van der Waals surface area contributed by atoms with Crippen molar-refractivity contribution in [1.29, 1.82) is 0 Å². The Morgan fingerprint density at radius 3 is 2.36 bits per heavy atom. The third kappa shape index (κ3) is 2.05. The van der Waals surface area contributed by atoms with Gasteiger partial charge in [0.25, 0.3) is 0 Å². The van der Waals surface area contributed by atoms with E-state index in [1.54, 1.807) is 7.11 Å². The first-order valence-corrected chi connectivity index (χ1v) is 7.55. The molecule has 0 spiro atoms. The van der Waals surface area contributed by atoms with Gasteiger partial charge in [-0.1, -0.05) is 23.2 Å². The van der Waals surface area contributed by atoms with Crippen LogP contribution in [0.1, 0.15) is 0 Å². The Labute approximate surface area is 136 Å². The molecule has 4 aromatic rings. The predicted molar refractivity (Wildman–Crippen MR) is 92.2 cm³/mol. The number of aromatic amines is 2. The largest absolute Gasteiger partial charge is 0.494 e. The van der Waals surface area contributed by atoms with Gasteiger partial charge in [-0.2, -0.15) is 0 Å². The minimum Gasteiger partial charge on any atom is -0.494 e. The van der Waals surface area contributed by atoms with E-state index < -0.39 is 0 Å². The molecule has 110 valence electrons. The van der Waals surface area contributed by atoms with Gasteiger partial charge >= 0.3 is 0 Å². The molecule has 4 rings (SSSR count). The zero-order valence-electron chi connectivity index (χ0n) is 11.7. The standard InChI is InChI=1S/C17H12Cl2N2O/c1-22-17-12-8-11(19)3-5-14(12)21-16(17)15-7-9-6-10(18)2-4-13(9)20-15/h2-8,20-21H,1H3. The van der Waals surface area contributed by atoms with Crippen molar-refractivity contribution in [2.24, 2.45) is 0 Å². The van der Waals surface area contributed by atoms with Crippen molar-refractivity contribution < 1.29 is 4.74 Å². The van der Waals surface area contributed by atoms with Crippen molar-refractivity contribution in [2.45, 2.75) is 0 Å². The fraction of sp³-hybridized carbons (Fsp3) is 0.0588. The van der Waals surface area contributed by atoms with Gasteiger partial charge in [-0.05, 0) is 42.5 Å². The smallest absolute Gasteiger partial charge is 0.153 e. The number of nitrogens with one attached hydrogen (secondary N) is 2. The molecule has 2 heterocycles. The highest BCUT2D eigenvalue weighted by Gasteiger charge is 2.16. The molecule has 0 unspecified atom stereocenters. The summed E-state index contributed by atoms with van der Waals surface area (Å²) in [4.78, 5) is 6.77. The number of aromatic nitrogens is 2. The monoisotopic (exact) mass is 330 g/mol. The minimum absolute atomic E-state index is 0.680. The van der Waals surface area contributed by atoms with E-state index in [2.05, 4.69) is 16.0 Å². The SMILES string of the molecule is COc1c(-c2cc3cc(Cl)ccc3[nH]2)[nH]c2ccc(Cl)cc12. The minimum atomic E-state index is 0.680. The Morgan fingerprint density at radius 1 is 0.864 bits per heavy atom. The Balaban J connectivity index is 1.98. The van der Waals surface area contributed by atoms with Crippen LogP contribution in [-0.2, 0) is 0 Å². The van der Waals surface area contributed by atoms with Gasteiger partial charge in [-0.25, -0.2) is 0 Å². The molecule has 0 fully saturated rings. The number of benzene rings is 2. The Morgan fingerprint density at radius 2 is 1.59 bits per heavy atom. The summed E-state index contributed by atoms with van der Waals surface area (Å²) in [5.41, 5.74) is 3.85. The topological polar surface area (TPSA) is 40.8 Å². The number of hydrogen-bond acceptors (Lipinski definition) is 1. The second kappa shape index (κ2) is 4.97. The van der Waals surface area contributed by atoms with E-state index in [1.807, 2.05) is 36.4 Å². The molecule has 0 aliphatic carbocycles. The van der Waals surface area contributed by atoms with E-state index in [0.717, 1.165) is 38.9 Å². The quantitative estimate of drug-likeness (QED) is 0.491. The normalized spacial score (nSPS) is 11.4. The fourth-order valence-electron chi connectivity index (χ4n) is 2.78.